The van der Waals surface area contributed by atoms with Crippen molar-refractivity contribution in [2.24, 2.45) is 0 Å². The zero-order valence-corrected chi connectivity index (χ0v) is 9.20. The predicted molar refractivity (Wildman–Crippen MR) is 59.9 cm³/mol. The molecule has 1 rings (SSSR count). The van der Waals surface area contributed by atoms with Crippen LogP contribution in [0.3, 0.4) is 0 Å². The largest absolute Gasteiger partial charge is 0.493 e. The van der Waals surface area contributed by atoms with Crippen molar-refractivity contribution in [2.75, 3.05) is 18.1 Å². The summed E-state index contributed by atoms with van der Waals surface area (Å²) >= 11 is 7.62. The predicted octanol–water partition coefficient (Wildman–Crippen LogP) is 3.47. The van der Waals surface area contributed by atoms with Crippen molar-refractivity contribution in [3.8, 4) is 5.75 Å². The summed E-state index contributed by atoms with van der Waals surface area (Å²) in [5.41, 5.74) is 0. The Hall–Kier alpha value is -0.340. The van der Waals surface area contributed by atoms with Crippen LogP contribution in [0.4, 0.5) is 0 Å². The Morgan fingerprint density at radius 3 is 2.62 bits per heavy atom. The standard InChI is InChI=1S/C10H13ClOS/c1-2-13-8-7-12-10-5-3-9(11)4-6-10/h3-6H,2,7-8H2,1H3. The summed E-state index contributed by atoms with van der Waals surface area (Å²) in [6, 6.07) is 7.45. The van der Waals surface area contributed by atoms with Gasteiger partial charge in [-0.05, 0) is 30.0 Å². The molecule has 0 aliphatic heterocycles. The quantitative estimate of drug-likeness (QED) is 0.698. The minimum Gasteiger partial charge on any atom is -0.493 e. The van der Waals surface area contributed by atoms with Gasteiger partial charge in [-0.3, -0.25) is 0 Å². The SMILES string of the molecule is CCSCCOc1ccc(Cl)cc1. The maximum absolute atomic E-state index is 5.74. The van der Waals surface area contributed by atoms with Crippen LogP contribution < -0.4 is 4.74 Å². The van der Waals surface area contributed by atoms with Crippen molar-refractivity contribution in [1.29, 1.82) is 0 Å². The van der Waals surface area contributed by atoms with Crippen LogP contribution in [0.15, 0.2) is 24.3 Å². The average molecular weight is 217 g/mol. The highest BCUT2D eigenvalue weighted by atomic mass is 35.5. The maximum atomic E-state index is 5.74. The minimum atomic E-state index is 0.746. The summed E-state index contributed by atoms with van der Waals surface area (Å²) in [5, 5.41) is 0.746. The molecule has 0 unspecified atom stereocenters. The summed E-state index contributed by atoms with van der Waals surface area (Å²) in [6.45, 7) is 2.91. The fourth-order valence-electron chi connectivity index (χ4n) is 0.894. The van der Waals surface area contributed by atoms with Gasteiger partial charge in [0.1, 0.15) is 5.75 Å². The van der Waals surface area contributed by atoms with Crippen LogP contribution in [0, 0.1) is 0 Å². The van der Waals surface area contributed by atoms with Crippen molar-refractivity contribution in [1.82, 2.24) is 0 Å². The molecule has 0 atom stereocenters. The van der Waals surface area contributed by atoms with Gasteiger partial charge in [0.25, 0.3) is 0 Å². The van der Waals surface area contributed by atoms with Crippen LogP contribution in [-0.2, 0) is 0 Å². The van der Waals surface area contributed by atoms with Crippen molar-refractivity contribution in [2.45, 2.75) is 6.92 Å². The third kappa shape index (κ3) is 4.44. The van der Waals surface area contributed by atoms with Crippen LogP contribution in [-0.4, -0.2) is 18.1 Å². The summed E-state index contributed by atoms with van der Waals surface area (Å²) in [4.78, 5) is 0. The van der Waals surface area contributed by atoms with Gasteiger partial charge in [0.2, 0.25) is 0 Å². The van der Waals surface area contributed by atoms with E-state index in [1.807, 2.05) is 36.0 Å². The molecular weight excluding hydrogens is 204 g/mol. The molecule has 0 saturated carbocycles. The molecule has 0 heterocycles. The molecule has 1 aromatic carbocycles. The van der Waals surface area contributed by atoms with E-state index in [4.69, 9.17) is 16.3 Å². The molecule has 0 fully saturated rings. The van der Waals surface area contributed by atoms with Crippen LogP contribution in [0.5, 0.6) is 5.75 Å². The number of rotatable bonds is 5. The Balaban J connectivity index is 2.25. The highest BCUT2D eigenvalue weighted by molar-refractivity contribution is 7.99. The zero-order valence-electron chi connectivity index (χ0n) is 7.63. The van der Waals surface area contributed by atoms with E-state index in [2.05, 4.69) is 6.92 Å². The Bertz CT molecular complexity index is 235. The molecule has 72 valence electrons. The van der Waals surface area contributed by atoms with Crippen molar-refractivity contribution in [3.05, 3.63) is 29.3 Å². The van der Waals surface area contributed by atoms with E-state index in [0.717, 1.165) is 28.9 Å². The van der Waals surface area contributed by atoms with E-state index >= 15 is 0 Å². The molecule has 3 heteroatoms. The van der Waals surface area contributed by atoms with Crippen molar-refractivity contribution >= 4 is 23.4 Å². The maximum Gasteiger partial charge on any atom is 0.119 e. The highest BCUT2D eigenvalue weighted by Gasteiger charge is 1.92. The molecule has 0 bridgehead atoms. The monoisotopic (exact) mass is 216 g/mol. The number of benzene rings is 1. The molecular formula is C10H13ClOS. The van der Waals surface area contributed by atoms with Crippen LogP contribution in [0.2, 0.25) is 5.02 Å². The normalized spacial score (nSPS) is 10.0. The second kappa shape index (κ2) is 6.17. The van der Waals surface area contributed by atoms with Crippen LogP contribution >= 0.6 is 23.4 Å². The number of hydrogen-bond donors (Lipinski definition) is 0. The van der Waals surface area contributed by atoms with Gasteiger partial charge in [-0.2, -0.15) is 11.8 Å². The number of halogens is 1. The molecule has 1 aromatic rings. The van der Waals surface area contributed by atoms with E-state index < -0.39 is 0 Å². The topological polar surface area (TPSA) is 9.23 Å². The van der Waals surface area contributed by atoms with Gasteiger partial charge in [-0.25, -0.2) is 0 Å². The van der Waals surface area contributed by atoms with E-state index in [9.17, 15) is 0 Å². The van der Waals surface area contributed by atoms with Crippen molar-refractivity contribution in [3.63, 3.8) is 0 Å². The number of thioether (sulfide) groups is 1. The van der Waals surface area contributed by atoms with Gasteiger partial charge in [0, 0.05) is 10.8 Å². The van der Waals surface area contributed by atoms with Gasteiger partial charge < -0.3 is 4.74 Å². The molecule has 0 saturated heterocycles. The molecule has 0 spiro atoms. The van der Waals surface area contributed by atoms with E-state index in [0.29, 0.717) is 0 Å². The lowest BCUT2D eigenvalue weighted by molar-refractivity contribution is 0.344. The van der Waals surface area contributed by atoms with E-state index in [1.165, 1.54) is 0 Å². The molecule has 0 radical (unpaired) electrons. The summed E-state index contributed by atoms with van der Waals surface area (Å²) in [7, 11) is 0. The number of ether oxygens (including phenoxy) is 1. The van der Waals surface area contributed by atoms with Gasteiger partial charge >= 0.3 is 0 Å². The Labute approximate surface area is 88.4 Å². The third-order valence-electron chi connectivity index (χ3n) is 1.51. The lowest BCUT2D eigenvalue weighted by atomic mass is 10.3. The summed E-state index contributed by atoms with van der Waals surface area (Å²) < 4.78 is 5.48. The molecule has 13 heavy (non-hydrogen) atoms. The summed E-state index contributed by atoms with van der Waals surface area (Å²) in [5.74, 6) is 3.07. The van der Waals surface area contributed by atoms with E-state index in [-0.39, 0.29) is 0 Å². The second-order valence-corrected chi connectivity index (χ2v) is 4.33. The average Bonchev–Trinajstić information content (AvgIpc) is 2.15. The smallest absolute Gasteiger partial charge is 0.119 e. The Morgan fingerprint density at radius 2 is 2.00 bits per heavy atom. The van der Waals surface area contributed by atoms with Crippen LogP contribution in [0.25, 0.3) is 0 Å². The molecule has 0 aliphatic carbocycles. The Morgan fingerprint density at radius 1 is 1.31 bits per heavy atom. The Kier molecular flexibility index (Phi) is 5.09. The minimum absolute atomic E-state index is 0.746. The van der Waals surface area contributed by atoms with Gasteiger partial charge in [-0.15, -0.1) is 0 Å². The lowest BCUT2D eigenvalue weighted by Crippen LogP contribution is -1.99. The highest BCUT2D eigenvalue weighted by Crippen LogP contribution is 2.15. The first-order valence-electron chi connectivity index (χ1n) is 4.29. The molecule has 0 N–H and O–H groups in total. The number of hydrogen-bond acceptors (Lipinski definition) is 2. The fourth-order valence-corrected chi connectivity index (χ4v) is 1.51. The van der Waals surface area contributed by atoms with Gasteiger partial charge in [-0.1, -0.05) is 18.5 Å². The zero-order chi connectivity index (χ0) is 9.52. The molecule has 0 aromatic heterocycles. The molecule has 0 aliphatic rings. The first-order chi connectivity index (χ1) is 6.33. The van der Waals surface area contributed by atoms with Crippen LogP contribution in [0.1, 0.15) is 6.92 Å². The molecule has 1 nitrogen and oxygen atoms in total. The van der Waals surface area contributed by atoms with Gasteiger partial charge in [0.05, 0.1) is 6.61 Å². The van der Waals surface area contributed by atoms with E-state index in [1.54, 1.807) is 0 Å². The first kappa shape index (κ1) is 10.7. The fraction of sp³-hybridized carbons (Fsp3) is 0.400. The molecule has 0 amide bonds. The lowest BCUT2D eigenvalue weighted by Gasteiger charge is -2.04. The van der Waals surface area contributed by atoms with Crippen molar-refractivity contribution < 1.29 is 4.74 Å². The third-order valence-corrected chi connectivity index (χ3v) is 2.63. The first-order valence-corrected chi connectivity index (χ1v) is 5.82. The second-order valence-electron chi connectivity index (χ2n) is 2.50. The van der Waals surface area contributed by atoms with Gasteiger partial charge in [0.15, 0.2) is 0 Å². The summed E-state index contributed by atoms with van der Waals surface area (Å²) in [6.07, 6.45) is 0.